The molecule has 0 saturated carbocycles. The lowest BCUT2D eigenvalue weighted by Gasteiger charge is -2.10. The van der Waals surface area contributed by atoms with Crippen molar-refractivity contribution < 1.29 is 9.53 Å². The topological polar surface area (TPSA) is 96.1 Å². The number of ether oxygens (including phenoxy) is 1. The highest BCUT2D eigenvalue weighted by molar-refractivity contribution is 7.19. The quantitative estimate of drug-likeness (QED) is 0.290. The molecule has 1 fully saturated rings. The zero-order chi connectivity index (χ0) is 23.0. The average molecular weight is 463 g/mol. The zero-order valence-electron chi connectivity index (χ0n) is 18.5. The van der Waals surface area contributed by atoms with Gasteiger partial charge in [-0.05, 0) is 62.1 Å². The van der Waals surface area contributed by atoms with Crippen LogP contribution < -0.4 is 15.0 Å². The molecule has 0 aliphatic carbocycles. The molecule has 33 heavy (non-hydrogen) atoms. The number of benzene rings is 1. The van der Waals surface area contributed by atoms with Gasteiger partial charge in [-0.15, -0.1) is 10.2 Å². The van der Waals surface area contributed by atoms with E-state index in [1.54, 1.807) is 6.08 Å². The number of aromatic nitrogens is 3. The van der Waals surface area contributed by atoms with Crippen LogP contribution in [0.1, 0.15) is 30.5 Å². The number of hydrogen-bond acceptors (Lipinski definition) is 7. The van der Waals surface area contributed by atoms with Gasteiger partial charge in [0.15, 0.2) is 0 Å². The number of rotatable bonds is 9. The standard InChI is InChI=1S/C24H26N6O2S/c1-18-7-4-9-21(15-18)32-14-6-13-29-12-5-8-20(29)16-19(17-25)22(31)26-23-27-28-24(33-23)30-10-2-3-11-30/h4-5,7-9,12,15-16H,2-3,6,10-11,13-14H2,1H3,(H,26,27,31)/b19-16-. The van der Waals surface area contributed by atoms with Gasteiger partial charge in [-0.1, -0.05) is 23.5 Å². The van der Waals surface area contributed by atoms with Gasteiger partial charge in [-0.2, -0.15) is 5.26 Å². The number of nitrogens with one attached hydrogen (secondary N) is 1. The minimum absolute atomic E-state index is 0.0175. The van der Waals surface area contributed by atoms with Crippen molar-refractivity contribution in [2.75, 3.05) is 29.9 Å². The zero-order valence-corrected chi connectivity index (χ0v) is 19.3. The van der Waals surface area contributed by atoms with E-state index in [9.17, 15) is 10.1 Å². The lowest BCUT2D eigenvalue weighted by molar-refractivity contribution is -0.112. The first-order chi connectivity index (χ1) is 16.1. The summed E-state index contributed by atoms with van der Waals surface area (Å²) < 4.78 is 7.81. The smallest absolute Gasteiger partial charge is 0.268 e. The van der Waals surface area contributed by atoms with E-state index in [0.717, 1.165) is 54.5 Å². The molecule has 1 amide bonds. The number of anilines is 2. The maximum absolute atomic E-state index is 12.7. The molecule has 1 aliphatic heterocycles. The molecule has 0 bridgehead atoms. The molecule has 4 rings (SSSR count). The molecule has 0 spiro atoms. The maximum Gasteiger partial charge on any atom is 0.268 e. The highest BCUT2D eigenvalue weighted by Gasteiger charge is 2.18. The first-order valence-electron chi connectivity index (χ1n) is 11.0. The van der Waals surface area contributed by atoms with Crippen molar-refractivity contribution >= 4 is 33.6 Å². The summed E-state index contributed by atoms with van der Waals surface area (Å²) in [6.07, 6.45) is 6.60. The summed E-state index contributed by atoms with van der Waals surface area (Å²) in [6, 6.07) is 13.7. The Labute approximate surface area is 197 Å². The molecule has 1 saturated heterocycles. The maximum atomic E-state index is 12.7. The normalized spacial score (nSPS) is 13.7. The van der Waals surface area contributed by atoms with Gasteiger partial charge in [0.1, 0.15) is 17.4 Å². The Balaban J connectivity index is 1.34. The Morgan fingerprint density at radius 1 is 1.27 bits per heavy atom. The molecule has 1 aliphatic rings. The van der Waals surface area contributed by atoms with Crippen LogP contribution in [0.3, 0.4) is 0 Å². The summed E-state index contributed by atoms with van der Waals surface area (Å²) >= 11 is 1.33. The molecule has 3 aromatic rings. The van der Waals surface area contributed by atoms with Gasteiger partial charge in [0.05, 0.1) is 6.61 Å². The van der Waals surface area contributed by atoms with Gasteiger partial charge >= 0.3 is 0 Å². The van der Waals surface area contributed by atoms with Crippen LogP contribution in [0.25, 0.3) is 6.08 Å². The lowest BCUT2D eigenvalue weighted by atomic mass is 10.2. The number of amides is 1. The molecule has 0 unspecified atom stereocenters. The molecule has 8 nitrogen and oxygen atoms in total. The molecule has 9 heteroatoms. The van der Waals surface area contributed by atoms with Crippen LogP contribution in [0.2, 0.25) is 0 Å². The second kappa shape index (κ2) is 10.8. The molecule has 2 aromatic heterocycles. The summed E-state index contributed by atoms with van der Waals surface area (Å²) in [6.45, 7) is 5.23. The van der Waals surface area contributed by atoms with Crippen LogP contribution in [0.15, 0.2) is 48.2 Å². The number of nitriles is 1. The van der Waals surface area contributed by atoms with Crippen molar-refractivity contribution in [2.45, 2.75) is 32.7 Å². The number of carbonyl (C=O) groups excluding carboxylic acids is 1. The SMILES string of the molecule is Cc1cccc(OCCCn2cccc2/C=C(/C#N)C(=O)Nc2nnc(N3CCCC3)s2)c1. The fraction of sp³-hybridized carbons (Fsp3) is 0.333. The fourth-order valence-corrected chi connectivity index (χ4v) is 4.45. The van der Waals surface area contributed by atoms with Gasteiger partial charge in [0, 0.05) is 31.5 Å². The summed E-state index contributed by atoms with van der Waals surface area (Å²) in [5, 5.41) is 21.7. The molecular formula is C24H26N6O2S. The van der Waals surface area contributed by atoms with Gasteiger partial charge in [0.25, 0.3) is 5.91 Å². The minimum Gasteiger partial charge on any atom is -0.494 e. The average Bonchev–Trinajstić information content (AvgIpc) is 3.57. The van der Waals surface area contributed by atoms with Crippen LogP contribution in [-0.4, -0.2) is 40.4 Å². The third-order valence-corrected chi connectivity index (χ3v) is 6.23. The molecule has 3 heterocycles. The monoisotopic (exact) mass is 462 g/mol. The number of aryl methyl sites for hydroxylation is 2. The third kappa shape index (κ3) is 5.99. The van der Waals surface area contributed by atoms with E-state index in [2.05, 4.69) is 20.4 Å². The van der Waals surface area contributed by atoms with Gasteiger partial charge in [-0.25, -0.2) is 0 Å². The predicted octanol–water partition coefficient (Wildman–Crippen LogP) is 4.26. The molecule has 0 atom stereocenters. The van der Waals surface area contributed by atoms with Crippen molar-refractivity contribution in [2.24, 2.45) is 0 Å². The largest absolute Gasteiger partial charge is 0.494 e. The fourth-order valence-electron chi connectivity index (χ4n) is 3.66. The van der Waals surface area contributed by atoms with Crippen molar-refractivity contribution in [3.63, 3.8) is 0 Å². The Hall–Kier alpha value is -3.64. The lowest BCUT2D eigenvalue weighted by Crippen LogP contribution is -2.17. The first-order valence-corrected chi connectivity index (χ1v) is 11.8. The van der Waals surface area contributed by atoms with E-state index in [4.69, 9.17) is 4.74 Å². The van der Waals surface area contributed by atoms with E-state index in [1.165, 1.54) is 11.3 Å². The Morgan fingerprint density at radius 3 is 2.91 bits per heavy atom. The second-order valence-electron chi connectivity index (χ2n) is 7.85. The minimum atomic E-state index is -0.489. The van der Waals surface area contributed by atoms with Gasteiger partial charge < -0.3 is 14.2 Å². The summed E-state index contributed by atoms with van der Waals surface area (Å²) in [4.78, 5) is 14.8. The Kier molecular flexibility index (Phi) is 7.37. The summed E-state index contributed by atoms with van der Waals surface area (Å²) in [7, 11) is 0. The van der Waals surface area contributed by atoms with E-state index in [0.29, 0.717) is 18.3 Å². The second-order valence-corrected chi connectivity index (χ2v) is 8.81. The Bertz CT molecular complexity index is 1170. The van der Waals surface area contributed by atoms with Crippen molar-refractivity contribution in [1.82, 2.24) is 14.8 Å². The molecule has 0 radical (unpaired) electrons. The van der Waals surface area contributed by atoms with E-state index in [1.807, 2.05) is 60.2 Å². The van der Waals surface area contributed by atoms with Crippen LogP contribution in [0.4, 0.5) is 10.3 Å². The van der Waals surface area contributed by atoms with E-state index < -0.39 is 5.91 Å². The first kappa shape index (κ1) is 22.6. The van der Waals surface area contributed by atoms with Crippen LogP contribution >= 0.6 is 11.3 Å². The van der Waals surface area contributed by atoms with Gasteiger partial charge in [-0.3, -0.25) is 10.1 Å². The van der Waals surface area contributed by atoms with Crippen molar-refractivity contribution in [1.29, 1.82) is 5.26 Å². The summed E-state index contributed by atoms with van der Waals surface area (Å²) in [5.74, 6) is 0.368. The summed E-state index contributed by atoms with van der Waals surface area (Å²) in [5.41, 5.74) is 1.96. The van der Waals surface area contributed by atoms with Crippen molar-refractivity contribution in [3.8, 4) is 11.8 Å². The number of carbonyl (C=O) groups is 1. The number of nitrogens with zero attached hydrogens (tertiary/aromatic N) is 5. The molecule has 170 valence electrons. The Morgan fingerprint density at radius 2 is 2.12 bits per heavy atom. The molecule has 1 N–H and O–H groups in total. The van der Waals surface area contributed by atoms with E-state index >= 15 is 0 Å². The molecule has 1 aromatic carbocycles. The van der Waals surface area contributed by atoms with Crippen LogP contribution in [0.5, 0.6) is 5.75 Å². The predicted molar refractivity (Wildman–Crippen MR) is 129 cm³/mol. The van der Waals surface area contributed by atoms with E-state index in [-0.39, 0.29) is 5.57 Å². The van der Waals surface area contributed by atoms with Crippen LogP contribution in [-0.2, 0) is 11.3 Å². The molecular weight excluding hydrogens is 436 g/mol. The van der Waals surface area contributed by atoms with Crippen LogP contribution in [0, 0.1) is 18.3 Å². The van der Waals surface area contributed by atoms with Crippen molar-refractivity contribution in [3.05, 3.63) is 59.4 Å². The van der Waals surface area contributed by atoms with Gasteiger partial charge in [0.2, 0.25) is 10.3 Å². The highest BCUT2D eigenvalue weighted by atomic mass is 32.1. The third-order valence-electron chi connectivity index (χ3n) is 5.33. The highest BCUT2D eigenvalue weighted by Crippen LogP contribution is 2.27. The number of hydrogen-bond donors (Lipinski definition) is 1.